The Morgan fingerprint density at radius 3 is 2.63 bits per heavy atom. The third-order valence-electron chi connectivity index (χ3n) is 2.98. The van der Waals surface area contributed by atoms with Crippen molar-refractivity contribution < 1.29 is 21.9 Å². The second-order valence-electron chi connectivity index (χ2n) is 4.25. The summed E-state index contributed by atoms with van der Waals surface area (Å²) in [6, 6.07) is 1.49. The summed E-state index contributed by atoms with van der Waals surface area (Å²) < 4.78 is 32.2. The summed E-state index contributed by atoms with van der Waals surface area (Å²) in [5, 5.41) is 9.73. The lowest BCUT2D eigenvalue weighted by atomic mass is 10.1. The van der Waals surface area contributed by atoms with E-state index in [4.69, 9.17) is 14.1 Å². The lowest BCUT2D eigenvalue weighted by molar-refractivity contribution is 0.189. The molecule has 1 aromatic carbocycles. The highest BCUT2D eigenvalue weighted by atomic mass is 32.3. The van der Waals surface area contributed by atoms with Gasteiger partial charge < -0.3 is 24.1 Å². The van der Waals surface area contributed by atoms with Gasteiger partial charge >= 0.3 is 10.4 Å². The van der Waals surface area contributed by atoms with Gasteiger partial charge in [0, 0.05) is 23.9 Å². The highest BCUT2D eigenvalue weighted by molar-refractivity contribution is 7.82. The smallest absolute Gasteiger partial charge is 0.393 e. The van der Waals surface area contributed by atoms with Gasteiger partial charge in [-0.05, 0) is 20.8 Å². The molecule has 1 aliphatic rings. The molecule has 0 amide bonds. The second kappa shape index (κ2) is 4.46. The van der Waals surface area contributed by atoms with Crippen LogP contribution in [-0.2, 0) is 10.4 Å². The molecule has 0 aromatic heterocycles. The van der Waals surface area contributed by atoms with Gasteiger partial charge in [-0.2, -0.15) is 0 Å². The molecule has 106 valence electrons. The lowest BCUT2D eigenvalue weighted by Gasteiger charge is -2.30. The van der Waals surface area contributed by atoms with Crippen LogP contribution in [0.4, 0.5) is 11.4 Å². The number of benzene rings is 1. The van der Waals surface area contributed by atoms with Crippen molar-refractivity contribution in [3.05, 3.63) is 11.6 Å². The van der Waals surface area contributed by atoms with Crippen LogP contribution in [0.3, 0.4) is 0 Å². The van der Waals surface area contributed by atoms with Gasteiger partial charge in [-0.3, -0.25) is 0 Å². The molecular weight excluding hydrogens is 272 g/mol. The summed E-state index contributed by atoms with van der Waals surface area (Å²) in [7, 11) is -4.11. The number of fused-ring (bicyclic) bond motifs is 2. The van der Waals surface area contributed by atoms with Crippen molar-refractivity contribution in [2.24, 2.45) is 0 Å². The Kier molecular flexibility index (Phi) is 3.23. The zero-order valence-electron chi connectivity index (χ0n) is 10.9. The molecule has 0 fully saturated rings. The van der Waals surface area contributed by atoms with E-state index in [1.807, 2.05) is 6.92 Å². The van der Waals surface area contributed by atoms with Crippen LogP contribution < -0.4 is 19.0 Å². The van der Waals surface area contributed by atoms with Crippen LogP contribution in [0.15, 0.2) is 6.07 Å². The van der Waals surface area contributed by atoms with Gasteiger partial charge in [0.1, 0.15) is 11.9 Å². The number of anilines is 2. The number of rotatable bonds is 3. The first-order valence-corrected chi connectivity index (χ1v) is 7.11. The van der Waals surface area contributed by atoms with E-state index >= 15 is 0 Å². The fourth-order valence-electron chi connectivity index (χ4n) is 2.08. The van der Waals surface area contributed by atoms with Crippen molar-refractivity contribution in [2.45, 2.75) is 27.0 Å². The number of nitrogen functional groups attached to an aromatic ring is 1. The van der Waals surface area contributed by atoms with Crippen molar-refractivity contribution in [1.29, 1.82) is 0 Å². The van der Waals surface area contributed by atoms with Gasteiger partial charge in [-0.15, -0.1) is 8.42 Å². The zero-order valence-corrected chi connectivity index (χ0v) is 11.7. The quantitative estimate of drug-likeness (QED) is 0.625. The third-order valence-corrected chi connectivity index (χ3v) is 3.74. The molecule has 8 heteroatoms. The molecule has 1 atom stereocenters. The maximum absolute atomic E-state index is 11.4. The molecule has 1 aromatic rings. The van der Waals surface area contributed by atoms with Gasteiger partial charge in [0.2, 0.25) is 0 Å². The largest absolute Gasteiger partial charge is 0.501 e. The molecule has 0 spiro atoms. The van der Waals surface area contributed by atoms with Crippen molar-refractivity contribution in [3.8, 4) is 11.5 Å². The average Bonchev–Trinajstić information content (AvgIpc) is 2.29. The number of hydrogen-bond donors (Lipinski definition) is 2. The van der Waals surface area contributed by atoms with Gasteiger partial charge in [0.05, 0.1) is 0 Å². The highest BCUT2D eigenvalue weighted by Gasteiger charge is 2.31. The number of hydrogen-bond acceptors (Lipinski definition) is 7. The maximum atomic E-state index is 11.4. The minimum Gasteiger partial charge on any atom is -0.393 e. The molecule has 0 saturated heterocycles. The molecular formula is C11H16N2O5S. The van der Waals surface area contributed by atoms with E-state index in [-0.39, 0.29) is 17.2 Å². The standard InChI is InChI=1S/C11H16N2O5S/c1-4-13(7(3)14)8-5-9-10(12)11(6(8)2)18-19(15,16)17-9/h5,7,14H,4,12H2,1-3H3. The fraction of sp³-hybridized carbons (Fsp3) is 0.455. The molecule has 2 rings (SSSR count). The molecule has 3 N–H and O–H groups in total. The van der Waals surface area contributed by atoms with Crippen molar-refractivity contribution >= 4 is 21.8 Å². The van der Waals surface area contributed by atoms with Crippen LogP contribution in [0, 0.1) is 6.92 Å². The van der Waals surface area contributed by atoms with Crippen molar-refractivity contribution in [3.63, 3.8) is 0 Å². The summed E-state index contributed by atoms with van der Waals surface area (Å²) in [4.78, 5) is 1.67. The average molecular weight is 288 g/mol. The normalized spacial score (nSPS) is 17.3. The van der Waals surface area contributed by atoms with Crippen LogP contribution in [0.2, 0.25) is 0 Å². The summed E-state index contributed by atoms with van der Waals surface area (Å²) >= 11 is 0. The lowest BCUT2D eigenvalue weighted by Crippen LogP contribution is -2.34. The molecule has 0 saturated carbocycles. The molecule has 19 heavy (non-hydrogen) atoms. The second-order valence-corrected chi connectivity index (χ2v) is 5.40. The molecule has 0 radical (unpaired) electrons. The third kappa shape index (κ3) is 2.28. The topological polar surface area (TPSA) is 102 Å². The summed E-state index contributed by atoms with van der Waals surface area (Å²) in [5.41, 5.74) is 7.05. The van der Waals surface area contributed by atoms with E-state index in [9.17, 15) is 13.5 Å². The van der Waals surface area contributed by atoms with Crippen LogP contribution in [0.1, 0.15) is 19.4 Å². The first kappa shape index (κ1) is 13.8. The first-order chi connectivity index (χ1) is 8.76. The Morgan fingerprint density at radius 2 is 2.11 bits per heavy atom. The van der Waals surface area contributed by atoms with E-state index in [1.54, 1.807) is 18.7 Å². The monoisotopic (exact) mass is 288 g/mol. The Morgan fingerprint density at radius 1 is 1.47 bits per heavy atom. The SMILES string of the molecule is CCN(c1cc2c(N)c(c1C)OS(=O)(=O)O2)C(C)O. The minimum atomic E-state index is -4.11. The summed E-state index contributed by atoms with van der Waals surface area (Å²) in [6.07, 6.45) is -0.732. The van der Waals surface area contributed by atoms with Crippen LogP contribution in [0.25, 0.3) is 0 Å². The van der Waals surface area contributed by atoms with Gasteiger partial charge in [-0.25, -0.2) is 0 Å². The summed E-state index contributed by atoms with van der Waals surface area (Å²) in [6.45, 7) is 5.69. The number of nitrogens with two attached hydrogens (primary N) is 1. The van der Waals surface area contributed by atoms with E-state index in [1.165, 1.54) is 6.07 Å². The van der Waals surface area contributed by atoms with Gasteiger partial charge in [0.15, 0.2) is 11.5 Å². The fourth-order valence-corrected chi connectivity index (χ4v) is 2.89. The highest BCUT2D eigenvalue weighted by Crippen LogP contribution is 2.45. The summed E-state index contributed by atoms with van der Waals surface area (Å²) in [5.74, 6) is 0.0683. The van der Waals surface area contributed by atoms with Crippen molar-refractivity contribution in [2.75, 3.05) is 17.2 Å². The molecule has 7 nitrogen and oxygen atoms in total. The van der Waals surface area contributed by atoms with E-state index in [0.717, 1.165) is 0 Å². The predicted molar refractivity (Wildman–Crippen MR) is 70.5 cm³/mol. The number of nitrogens with zero attached hydrogens (tertiary/aromatic N) is 1. The zero-order chi connectivity index (χ0) is 14.4. The van der Waals surface area contributed by atoms with E-state index in [0.29, 0.717) is 17.8 Å². The Labute approximate surface area is 111 Å². The predicted octanol–water partition coefficient (Wildman–Crippen LogP) is 0.758. The molecule has 1 heterocycles. The van der Waals surface area contributed by atoms with Crippen LogP contribution in [0.5, 0.6) is 11.5 Å². The number of aliphatic hydroxyl groups is 1. The van der Waals surface area contributed by atoms with E-state index in [2.05, 4.69) is 0 Å². The maximum Gasteiger partial charge on any atom is 0.501 e. The molecule has 2 bridgehead atoms. The molecule has 1 unspecified atom stereocenters. The molecule has 0 aliphatic carbocycles. The Hall–Kier alpha value is -1.67. The minimum absolute atomic E-state index is 0.0148. The van der Waals surface area contributed by atoms with Crippen LogP contribution in [-0.4, -0.2) is 26.3 Å². The van der Waals surface area contributed by atoms with Gasteiger partial charge in [0.25, 0.3) is 0 Å². The molecule has 1 aliphatic heterocycles. The Bertz CT molecular complexity index is 612. The number of aliphatic hydroxyl groups excluding tert-OH is 1. The van der Waals surface area contributed by atoms with Gasteiger partial charge in [-0.1, -0.05) is 0 Å². The Balaban J connectivity index is 2.62. The van der Waals surface area contributed by atoms with Crippen LogP contribution >= 0.6 is 0 Å². The first-order valence-electron chi connectivity index (χ1n) is 5.78. The van der Waals surface area contributed by atoms with Crippen molar-refractivity contribution in [1.82, 2.24) is 0 Å². The van der Waals surface area contributed by atoms with E-state index < -0.39 is 16.6 Å².